The van der Waals surface area contributed by atoms with Crippen molar-refractivity contribution in [2.45, 2.75) is 9.79 Å². The quantitative estimate of drug-likeness (QED) is 0.770. The number of nitrogens with one attached hydrogen (secondary N) is 1. The van der Waals surface area contributed by atoms with Crippen molar-refractivity contribution in [1.82, 2.24) is 4.90 Å². The van der Waals surface area contributed by atoms with E-state index in [1.807, 2.05) is 0 Å². The smallest absolute Gasteiger partial charge is 0.286 e. The first kappa shape index (κ1) is 19.4. The predicted octanol–water partition coefficient (Wildman–Crippen LogP) is 3.92. The monoisotopic (exact) mass is 400 g/mol. The van der Waals surface area contributed by atoms with Gasteiger partial charge in [0.25, 0.3) is 15.3 Å². The Hall–Kier alpha value is -1.90. The highest BCUT2D eigenvalue weighted by Crippen LogP contribution is 2.32. The van der Waals surface area contributed by atoms with E-state index >= 15 is 0 Å². The first-order chi connectivity index (χ1) is 11.7. The molecule has 0 saturated heterocycles. The molecule has 2 aromatic rings. The molecule has 0 aliphatic carbocycles. The molecule has 0 aliphatic heterocycles. The highest BCUT2D eigenvalue weighted by Gasteiger charge is 2.19. The molecule has 0 bridgehead atoms. The Bertz CT molecular complexity index is 885. The van der Waals surface area contributed by atoms with Crippen molar-refractivity contribution in [2.24, 2.45) is 0 Å². The lowest BCUT2D eigenvalue weighted by atomic mass is 10.3. The first-order valence-corrected chi connectivity index (χ1v) is 9.77. The lowest BCUT2D eigenvalue weighted by Gasteiger charge is -2.14. The second-order valence-electron chi connectivity index (χ2n) is 5.16. The van der Waals surface area contributed by atoms with Crippen molar-refractivity contribution in [2.75, 3.05) is 25.9 Å². The number of nitrogens with zero attached hydrogens (tertiary/aromatic N) is 1. The van der Waals surface area contributed by atoms with E-state index in [2.05, 4.69) is 4.72 Å². The fourth-order valence-electron chi connectivity index (χ4n) is 1.84. The normalized spacial score (nSPS) is 11.0. The van der Waals surface area contributed by atoms with Crippen molar-refractivity contribution in [1.29, 1.82) is 0 Å². The summed E-state index contributed by atoms with van der Waals surface area (Å²) < 4.78 is 32.7. The van der Waals surface area contributed by atoms with Gasteiger partial charge in [0.1, 0.15) is 5.75 Å². The summed E-state index contributed by atoms with van der Waals surface area (Å²) in [4.78, 5) is 13.8. The molecule has 1 N–H and O–H groups in total. The number of halogens is 1. The minimum atomic E-state index is -3.87. The van der Waals surface area contributed by atoms with Crippen LogP contribution in [-0.4, -0.2) is 39.8 Å². The number of hydrogen-bond acceptors (Lipinski definition) is 5. The molecule has 0 fully saturated rings. The van der Waals surface area contributed by atoms with Gasteiger partial charge < -0.3 is 9.64 Å². The number of thioether (sulfide) groups is 1. The number of hydrogen-bond donors (Lipinski definition) is 1. The number of rotatable bonds is 5. The molecule has 2 rings (SSSR count). The van der Waals surface area contributed by atoms with Crippen molar-refractivity contribution in [3.63, 3.8) is 0 Å². The summed E-state index contributed by atoms with van der Waals surface area (Å²) in [5, 5.41) is -0.0186. The van der Waals surface area contributed by atoms with Gasteiger partial charge in [0, 0.05) is 19.0 Å². The summed E-state index contributed by atoms with van der Waals surface area (Å²) in [5.41, 5.74) is 0.314. The molecule has 2 aromatic carbocycles. The van der Waals surface area contributed by atoms with Crippen LogP contribution in [0.5, 0.6) is 5.75 Å². The third kappa shape index (κ3) is 4.81. The molecule has 134 valence electrons. The Labute approximate surface area is 156 Å². The summed E-state index contributed by atoms with van der Waals surface area (Å²) in [6.45, 7) is 0. The van der Waals surface area contributed by atoms with Gasteiger partial charge >= 0.3 is 0 Å². The van der Waals surface area contributed by atoms with Crippen LogP contribution in [0, 0.1) is 0 Å². The molecule has 25 heavy (non-hydrogen) atoms. The lowest BCUT2D eigenvalue weighted by molar-refractivity contribution is 0.241. The molecular formula is C16H17ClN2O4S2. The van der Waals surface area contributed by atoms with Gasteiger partial charge in [-0.25, -0.2) is 8.42 Å². The van der Waals surface area contributed by atoms with Crippen LogP contribution in [0.3, 0.4) is 0 Å². The first-order valence-electron chi connectivity index (χ1n) is 7.09. The number of para-hydroxylation sites is 1. The number of ether oxygens (including phenoxy) is 1. The number of amides is 1. The van der Waals surface area contributed by atoms with Gasteiger partial charge in [0.15, 0.2) is 0 Å². The van der Waals surface area contributed by atoms with Crippen molar-refractivity contribution in [3.05, 3.63) is 47.5 Å². The van der Waals surface area contributed by atoms with E-state index in [1.54, 1.807) is 38.4 Å². The summed E-state index contributed by atoms with van der Waals surface area (Å²) in [6.07, 6.45) is 0. The maximum atomic E-state index is 12.6. The maximum Gasteiger partial charge on any atom is 0.286 e. The number of carbonyl (C=O) groups is 1. The number of anilines is 1. The van der Waals surface area contributed by atoms with Crippen LogP contribution in [0.25, 0.3) is 0 Å². The predicted molar refractivity (Wildman–Crippen MR) is 100 cm³/mol. The molecule has 0 atom stereocenters. The molecule has 0 saturated carbocycles. The van der Waals surface area contributed by atoms with Gasteiger partial charge in [-0.1, -0.05) is 23.7 Å². The fraction of sp³-hybridized carbons (Fsp3) is 0.188. The molecule has 1 amide bonds. The van der Waals surface area contributed by atoms with E-state index in [0.29, 0.717) is 16.3 Å². The number of carbonyl (C=O) groups excluding carboxylic acids is 1. The third-order valence-electron chi connectivity index (χ3n) is 3.13. The summed E-state index contributed by atoms with van der Waals surface area (Å²) >= 11 is 6.94. The Balaban J connectivity index is 2.32. The largest absolute Gasteiger partial charge is 0.495 e. The number of sulfonamides is 1. The van der Waals surface area contributed by atoms with E-state index in [4.69, 9.17) is 16.3 Å². The van der Waals surface area contributed by atoms with Crippen LogP contribution < -0.4 is 9.46 Å². The average Bonchev–Trinajstić information content (AvgIpc) is 2.56. The highest BCUT2D eigenvalue weighted by molar-refractivity contribution is 8.13. The van der Waals surface area contributed by atoms with Crippen LogP contribution in [-0.2, 0) is 10.0 Å². The SMILES string of the molecule is COc1ccc(S(=O)(=O)Nc2ccccc2SC(=O)N(C)C)cc1Cl. The minimum Gasteiger partial charge on any atom is -0.495 e. The zero-order valence-electron chi connectivity index (χ0n) is 13.8. The molecule has 0 unspecified atom stereocenters. The van der Waals surface area contributed by atoms with Crippen molar-refractivity contribution < 1.29 is 17.9 Å². The molecule has 0 aromatic heterocycles. The molecule has 0 aliphatic rings. The fourth-order valence-corrected chi connectivity index (χ4v) is 4.08. The molecular weight excluding hydrogens is 384 g/mol. The lowest BCUT2D eigenvalue weighted by Crippen LogP contribution is -2.17. The Morgan fingerprint density at radius 1 is 1.20 bits per heavy atom. The number of benzene rings is 2. The maximum absolute atomic E-state index is 12.6. The van der Waals surface area contributed by atoms with Crippen molar-refractivity contribution in [3.8, 4) is 5.75 Å². The molecule has 6 nitrogen and oxygen atoms in total. The van der Waals surface area contributed by atoms with Gasteiger partial charge in [-0.2, -0.15) is 0 Å². The third-order valence-corrected chi connectivity index (χ3v) is 5.90. The van der Waals surface area contributed by atoms with E-state index < -0.39 is 10.0 Å². The van der Waals surface area contributed by atoms with Gasteiger partial charge in [-0.3, -0.25) is 9.52 Å². The van der Waals surface area contributed by atoms with Crippen LogP contribution in [0.4, 0.5) is 10.5 Å². The van der Waals surface area contributed by atoms with Crippen LogP contribution >= 0.6 is 23.4 Å². The van der Waals surface area contributed by atoms with Crippen LogP contribution in [0.2, 0.25) is 5.02 Å². The van der Waals surface area contributed by atoms with Gasteiger partial charge in [0.2, 0.25) is 0 Å². The molecule has 0 spiro atoms. The van der Waals surface area contributed by atoms with E-state index in [0.717, 1.165) is 11.8 Å². The van der Waals surface area contributed by atoms with E-state index in [9.17, 15) is 13.2 Å². The summed E-state index contributed by atoms with van der Waals surface area (Å²) in [6, 6.07) is 10.9. The standard InChI is InChI=1S/C16H17ClN2O4S2/c1-19(2)16(20)24-15-7-5-4-6-13(15)18-25(21,22)11-8-9-14(23-3)12(17)10-11/h4-10,18H,1-3H3. The average molecular weight is 401 g/mol. The molecule has 0 heterocycles. The Morgan fingerprint density at radius 3 is 2.48 bits per heavy atom. The zero-order valence-corrected chi connectivity index (χ0v) is 16.2. The van der Waals surface area contributed by atoms with Crippen LogP contribution in [0.15, 0.2) is 52.3 Å². The molecule has 0 radical (unpaired) electrons. The summed E-state index contributed by atoms with van der Waals surface area (Å²) in [7, 11) is 0.833. The van der Waals surface area contributed by atoms with E-state index in [1.165, 1.54) is 30.2 Å². The van der Waals surface area contributed by atoms with Crippen molar-refractivity contribution >= 4 is 44.3 Å². The number of methoxy groups -OCH3 is 1. The highest BCUT2D eigenvalue weighted by atomic mass is 35.5. The zero-order chi connectivity index (χ0) is 18.6. The van der Waals surface area contributed by atoms with Gasteiger partial charge in [-0.15, -0.1) is 0 Å². The topological polar surface area (TPSA) is 75.7 Å². The second-order valence-corrected chi connectivity index (χ2v) is 8.24. The van der Waals surface area contributed by atoms with Crippen LogP contribution in [0.1, 0.15) is 0 Å². The Morgan fingerprint density at radius 2 is 1.88 bits per heavy atom. The minimum absolute atomic E-state index is 0.00274. The summed E-state index contributed by atoms with van der Waals surface area (Å²) in [5.74, 6) is 0.383. The van der Waals surface area contributed by atoms with Gasteiger partial charge in [0.05, 0.1) is 22.7 Å². The Kier molecular flexibility index (Phi) is 6.21. The van der Waals surface area contributed by atoms with E-state index in [-0.39, 0.29) is 15.2 Å². The molecule has 9 heteroatoms. The second kappa shape index (κ2) is 7.99. The van der Waals surface area contributed by atoms with Gasteiger partial charge in [-0.05, 0) is 42.1 Å².